The zero-order chi connectivity index (χ0) is 16.5. The van der Waals surface area contributed by atoms with Crippen LogP contribution in [0.2, 0.25) is 0 Å². The van der Waals surface area contributed by atoms with Crippen LogP contribution in [0.4, 0.5) is 0 Å². The Labute approximate surface area is 129 Å². The molecule has 1 aromatic carbocycles. The lowest BCUT2D eigenvalue weighted by Crippen LogP contribution is -2.32. The summed E-state index contributed by atoms with van der Waals surface area (Å²) in [6.45, 7) is 7.65. The summed E-state index contributed by atoms with van der Waals surface area (Å²) < 4.78 is 0. The van der Waals surface area contributed by atoms with Crippen molar-refractivity contribution in [1.82, 2.24) is 10.3 Å². The van der Waals surface area contributed by atoms with Crippen LogP contribution in [0.25, 0.3) is 10.9 Å². The Bertz CT molecular complexity index is 729. The van der Waals surface area contributed by atoms with Crippen molar-refractivity contribution in [3.05, 3.63) is 35.0 Å². The van der Waals surface area contributed by atoms with Crippen molar-refractivity contribution in [2.75, 3.05) is 6.54 Å². The molecule has 5 heteroatoms. The van der Waals surface area contributed by atoms with Gasteiger partial charge in [0.1, 0.15) is 5.69 Å². The second-order valence-electron chi connectivity index (χ2n) is 6.42. The van der Waals surface area contributed by atoms with Gasteiger partial charge in [0.15, 0.2) is 0 Å². The third kappa shape index (κ3) is 3.30. The van der Waals surface area contributed by atoms with E-state index in [0.29, 0.717) is 18.7 Å². The molecule has 0 aliphatic heterocycles. The van der Waals surface area contributed by atoms with Crippen LogP contribution >= 0.6 is 0 Å². The van der Waals surface area contributed by atoms with Gasteiger partial charge in [0, 0.05) is 17.4 Å². The molecule has 0 radical (unpaired) electrons. The largest absolute Gasteiger partial charge is 0.481 e. The highest BCUT2D eigenvalue weighted by atomic mass is 16.4. The van der Waals surface area contributed by atoms with Crippen LogP contribution in [0.5, 0.6) is 0 Å². The topological polar surface area (TPSA) is 82.2 Å². The number of benzene rings is 1. The van der Waals surface area contributed by atoms with E-state index in [1.165, 1.54) is 0 Å². The fourth-order valence-corrected chi connectivity index (χ4v) is 2.41. The summed E-state index contributed by atoms with van der Waals surface area (Å²) in [5.74, 6) is -1.08. The molecule has 1 amide bonds. The van der Waals surface area contributed by atoms with E-state index in [1.54, 1.807) is 13.8 Å². The highest BCUT2D eigenvalue weighted by Gasteiger charge is 2.26. The second-order valence-corrected chi connectivity index (χ2v) is 6.42. The molecule has 22 heavy (non-hydrogen) atoms. The maximum atomic E-state index is 12.2. The maximum absolute atomic E-state index is 12.2. The monoisotopic (exact) mass is 302 g/mol. The van der Waals surface area contributed by atoms with E-state index in [9.17, 15) is 9.59 Å². The van der Waals surface area contributed by atoms with E-state index < -0.39 is 11.4 Å². The summed E-state index contributed by atoms with van der Waals surface area (Å²) in [5, 5.41) is 12.9. The highest BCUT2D eigenvalue weighted by molar-refractivity contribution is 5.99. The number of carboxylic acids is 1. The third-order valence-corrected chi connectivity index (χ3v) is 3.95. The summed E-state index contributed by atoms with van der Waals surface area (Å²) in [4.78, 5) is 26.3. The summed E-state index contributed by atoms with van der Waals surface area (Å²) in [6, 6.07) is 5.92. The van der Waals surface area contributed by atoms with E-state index in [0.717, 1.165) is 22.0 Å². The van der Waals surface area contributed by atoms with Crippen molar-refractivity contribution < 1.29 is 14.7 Å². The number of aryl methyl sites for hydroxylation is 2. The Morgan fingerprint density at radius 3 is 2.55 bits per heavy atom. The number of H-pyrrole nitrogens is 1. The van der Waals surface area contributed by atoms with Crippen LogP contribution < -0.4 is 5.32 Å². The molecular weight excluding hydrogens is 280 g/mol. The fourth-order valence-electron chi connectivity index (χ4n) is 2.41. The first-order valence-corrected chi connectivity index (χ1v) is 7.32. The smallest absolute Gasteiger partial charge is 0.309 e. The van der Waals surface area contributed by atoms with Crippen LogP contribution in [-0.2, 0) is 4.79 Å². The minimum absolute atomic E-state index is 0.213. The predicted molar refractivity (Wildman–Crippen MR) is 86.1 cm³/mol. The zero-order valence-electron chi connectivity index (χ0n) is 13.4. The van der Waals surface area contributed by atoms with Gasteiger partial charge in [0.2, 0.25) is 0 Å². The number of aliphatic carboxylic acids is 1. The van der Waals surface area contributed by atoms with E-state index in [2.05, 4.69) is 16.4 Å². The number of fused-ring (bicyclic) bond motifs is 1. The Balaban J connectivity index is 2.08. The Morgan fingerprint density at radius 2 is 1.91 bits per heavy atom. The maximum Gasteiger partial charge on any atom is 0.309 e. The summed E-state index contributed by atoms with van der Waals surface area (Å²) in [5.41, 5.74) is 2.85. The number of hydrogen-bond acceptors (Lipinski definition) is 2. The molecule has 0 spiro atoms. The molecule has 2 aromatic rings. The zero-order valence-corrected chi connectivity index (χ0v) is 13.4. The molecule has 5 nitrogen and oxygen atoms in total. The van der Waals surface area contributed by atoms with Crippen molar-refractivity contribution in [3.63, 3.8) is 0 Å². The molecule has 0 aliphatic carbocycles. The van der Waals surface area contributed by atoms with Gasteiger partial charge < -0.3 is 15.4 Å². The molecular formula is C17H22N2O3. The van der Waals surface area contributed by atoms with E-state index in [1.807, 2.05) is 26.0 Å². The Kier molecular flexibility index (Phi) is 4.26. The standard InChI is InChI=1S/C17H22N2O3/c1-10-7-11(2)12-9-14(19-13(12)8-10)15(20)18-6-5-17(3,4)16(21)22/h7-9,19H,5-6H2,1-4H3,(H,18,20)(H,21,22). The highest BCUT2D eigenvalue weighted by Crippen LogP contribution is 2.22. The molecule has 0 atom stereocenters. The number of hydrogen-bond donors (Lipinski definition) is 3. The van der Waals surface area contributed by atoms with Gasteiger partial charge in [-0.15, -0.1) is 0 Å². The average Bonchev–Trinajstić information content (AvgIpc) is 2.82. The average molecular weight is 302 g/mol. The van der Waals surface area contributed by atoms with Crippen molar-refractivity contribution in [2.24, 2.45) is 5.41 Å². The predicted octanol–water partition coefficient (Wildman–Crippen LogP) is 3.02. The van der Waals surface area contributed by atoms with Gasteiger partial charge in [-0.1, -0.05) is 6.07 Å². The molecule has 0 bridgehead atoms. The number of aromatic amines is 1. The minimum atomic E-state index is -0.863. The van der Waals surface area contributed by atoms with Crippen LogP contribution in [0.15, 0.2) is 18.2 Å². The molecule has 118 valence electrons. The number of nitrogens with one attached hydrogen (secondary N) is 2. The molecule has 0 saturated heterocycles. The first kappa shape index (κ1) is 16.1. The Morgan fingerprint density at radius 1 is 1.23 bits per heavy atom. The number of carbonyl (C=O) groups excluding carboxylic acids is 1. The van der Waals surface area contributed by atoms with Crippen molar-refractivity contribution in [3.8, 4) is 0 Å². The van der Waals surface area contributed by atoms with Gasteiger partial charge in [-0.05, 0) is 57.4 Å². The molecule has 0 saturated carbocycles. The number of aromatic nitrogens is 1. The summed E-state index contributed by atoms with van der Waals surface area (Å²) in [7, 11) is 0. The third-order valence-electron chi connectivity index (χ3n) is 3.95. The van der Waals surface area contributed by atoms with Gasteiger partial charge in [-0.3, -0.25) is 9.59 Å². The van der Waals surface area contributed by atoms with E-state index in [4.69, 9.17) is 5.11 Å². The lowest BCUT2D eigenvalue weighted by atomic mass is 9.90. The first-order valence-electron chi connectivity index (χ1n) is 7.32. The van der Waals surface area contributed by atoms with Gasteiger partial charge >= 0.3 is 5.97 Å². The number of carbonyl (C=O) groups is 2. The molecule has 1 aromatic heterocycles. The Hall–Kier alpha value is -2.30. The fraction of sp³-hybridized carbons (Fsp3) is 0.412. The van der Waals surface area contributed by atoms with Crippen molar-refractivity contribution >= 4 is 22.8 Å². The molecule has 0 fully saturated rings. The van der Waals surface area contributed by atoms with Gasteiger partial charge in [-0.25, -0.2) is 0 Å². The van der Waals surface area contributed by atoms with Gasteiger partial charge in [-0.2, -0.15) is 0 Å². The summed E-state index contributed by atoms with van der Waals surface area (Å²) in [6.07, 6.45) is 0.381. The molecule has 1 heterocycles. The van der Waals surface area contributed by atoms with Crippen LogP contribution in [0.3, 0.4) is 0 Å². The van der Waals surface area contributed by atoms with Crippen molar-refractivity contribution in [2.45, 2.75) is 34.1 Å². The SMILES string of the molecule is Cc1cc(C)c2cc(C(=O)NCCC(C)(C)C(=O)O)[nH]c2c1. The molecule has 2 rings (SSSR count). The summed E-state index contributed by atoms with van der Waals surface area (Å²) >= 11 is 0. The van der Waals surface area contributed by atoms with Crippen LogP contribution in [-0.4, -0.2) is 28.5 Å². The molecule has 0 aliphatic rings. The quantitative estimate of drug-likeness (QED) is 0.794. The first-order chi connectivity index (χ1) is 10.2. The number of carboxylic acid groups (broad SMARTS) is 1. The lowest BCUT2D eigenvalue weighted by Gasteiger charge is -2.18. The van der Waals surface area contributed by atoms with E-state index in [-0.39, 0.29) is 5.91 Å². The lowest BCUT2D eigenvalue weighted by molar-refractivity contribution is -0.147. The van der Waals surface area contributed by atoms with Gasteiger partial charge in [0.25, 0.3) is 5.91 Å². The van der Waals surface area contributed by atoms with Crippen LogP contribution in [0.1, 0.15) is 41.9 Å². The minimum Gasteiger partial charge on any atom is -0.481 e. The number of amides is 1. The normalized spacial score (nSPS) is 11.6. The van der Waals surface area contributed by atoms with Crippen LogP contribution in [0, 0.1) is 19.3 Å². The van der Waals surface area contributed by atoms with E-state index >= 15 is 0 Å². The second kappa shape index (κ2) is 5.83. The van der Waals surface area contributed by atoms with Crippen molar-refractivity contribution in [1.29, 1.82) is 0 Å². The molecule has 0 unspecified atom stereocenters. The molecule has 3 N–H and O–H groups in total. The van der Waals surface area contributed by atoms with Gasteiger partial charge in [0.05, 0.1) is 5.41 Å². The number of rotatable bonds is 5.